The second kappa shape index (κ2) is 11.1. The first-order chi connectivity index (χ1) is 19.5. The molecule has 5 nitrogen and oxygen atoms in total. The van der Waals surface area contributed by atoms with Crippen molar-refractivity contribution in [3.8, 4) is 23.8 Å². The summed E-state index contributed by atoms with van der Waals surface area (Å²) in [7, 11) is 0. The number of rotatable bonds is 9. The highest BCUT2D eigenvalue weighted by Gasteiger charge is 2.51. The molecule has 0 aromatic heterocycles. The minimum Gasteiger partial charge on any atom is -0.481 e. The predicted octanol–water partition coefficient (Wildman–Crippen LogP) is 6.93. The van der Waals surface area contributed by atoms with Crippen LogP contribution in [0.1, 0.15) is 60.0 Å². The molecule has 4 fully saturated rings. The number of carbonyl (C=O) groups is 2. The molecular formula is C35H33NO4. The molecule has 3 aromatic carbocycles. The molecular weight excluding hydrogens is 498 g/mol. The van der Waals surface area contributed by atoms with Crippen molar-refractivity contribution in [2.24, 2.45) is 17.8 Å². The van der Waals surface area contributed by atoms with Gasteiger partial charge in [0.25, 0.3) is 5.91 Å². The molecule has 40 heavy (non-hydrogen) atoms. The molecule has 0 saturated heterocycles. The second-order valence-electron chi connectivity index (χ2n) is 11.6. The lowest BCUT2D eigenvalue weighted by molar-refractivity contribution is -0.112. The van der Waals surface area contributed by atoms with Gasteiger partial charge in [0.2, 0.25) is 0 Å². The van der Waals surface area contributed by atoms with Gasteiger partial charge < -0.3 is 14.8 Å². The third kappa shape index (κ3) is 5.53. The first-order valence-electron chi connectivity index (χ1n) is 14.1. The molecule has 1 N–H and O–H groups in total. The van der Waals surface area contributed by atoms with E-state index in [9.17, 15) is 9.59 Å². The summed E-state index contributed by atoms with van der Waals surface area (Å²) in [5, 5.41) is 2.79. The largest absolute Gasteiger partial charge is 0.481 e. The fourth-order valence-corrected chi connectivity index (χ4v) is 7.44. The number of benzene rings is 3. The van der Waals surface area contributed by atoms with Crippen molar-refractivity contribution >= 4 is 17.4 Å². The zero-order valence-corrected chi connectivity index (χ0v) is 22.5. The summed E-state index contributed by atoms with van der Waals surface area (Å²) >= 11 is 0. The highest BCUT2D eigenvalue weighted by atomic mass is 16.5. The maximum Gasteiger partial charge on any atom is 0.251 e. The molecule has 0 unspecified atom stereocenters. The van der Waals surface area contributed by atoms with E-state index in [1.807, 2.05) is 12.1 Å². The van der Waals surface area contributed by atoms with E-state index in [4.69, 9.17) is 15.9 Å². The Balaban J connectivity index is 1.03. The molecule has 4 bridgehead atoms. The zero-order valence-electron chi connectivity index (χ0n) is 22.5. The molecule has 1 amide bonds. The van der Waals surface area contributed by atoms with E-state index in [0.717, 1.165) is 17.8 Å². The van der Waals surface area contributed by atoms with Crippen molar-refractivity contribution in [3.63, 3.8) is 0 Å². The maximum atomic E-state index is 12.9. The lowest BCUT2D eigenvalue weighted by atomic mass is 9.48. The number of nitrogens with one attached hydrogen (secondary N) is 1. The Morgan fingerprint density at radius 1 is 0.875 bits per heavy atom. The van der Waals surface area contributed by atoms with Gasteiger partial charge in [0, 0.05) is 22.9 Å². The topological polar surface area (TPSA) is 64.6 Å². The third-order valence-electron chi connectivity index (χ3n) is 8.76. The molecule has 0 atom stereocenters. The van der Waals surface area contributed by atoms with Gasteiger partial charge >= 0.3 is 0 Å². The van der Waals surface area contributed by atoms with Crippen molar-refractivity contribution in [1.29, 1.82) is 0 Å². The summed E-state index contributed by atoms with van der Waals surface area (Å²) in [4.78, 5) is 25.4. The zero-order chi connectivity index (χ0) is 27.5. The summed E-state index contributed by atoms with van der Waals surface area (Å²) in [6.07, 6.45) is 16.3. The average molecular weight is 532 g/mol. The summed E-state index contributed by atoms with van der Waals surface area (Å²) in [5.41, 5.74) is 3.31. The first kappa shape index (κ1) is 26.0. The Morgan fingerprint density at radius 3 is 2.17 bits per heavy atom. The quantitative estimate of drug-likeness (QED) is 0.141. The van der Waals surface area contributed by atoms with Gasteiger partial charge in [0.1, 0.15) is 18.1 Å². The average Bonchev–Trinajstić information content (AvgIpc) is 2.96. The van der Waals surface area contributed by atoms with Gasteiger partial charge in [-0.3, -0.25) is 9.59 Å². The SMILES string of the molecule is C#CCOc1ccc(C(=O)c2cccc(NC(=O)/C=C/Oc3ccc(C45CC6CC(CC(C6)C4)C5)cc3)c2)cc1. The Morgan fingerprint density at radius 2 is 1.52 bits per heavy atom. The van der Waals surface area contributed by atoms with Crippen LogP contribution in [0.5, 0.6) is 11.5 Å². The molecule has 4 saturated carbocycles. The van der Waals surface area contributed by atoms with Crippen LogP contribution in [0.2, 0.25) is 0 Å². The highest BCUT2D eigenvalue weighted by Crippen LogP contribution is 2.60. The normalized spacial score (nSPS) is 24.4. The van der Waals surface area contributed by atoms with Crippen LogP contribution >= 0.6 is 0 Å². The van der Waals surface area contributed by atoms with Gasteiger partial charge in [-0.2, -0.15) is 0 Å². The van der Waals surface area contributed by atoms with Gasteiger partial charge in [-0.25, -0.2) is 0 Å². The highest BCUT2D eigenvalue weighted by molar-refractivity contribution is 6.10. The van der Waals surface area contributed by atoms with E-state index in [1.54, 1.807) is 48.5 Å². The molecule has 202 valence electrons. The number of amides is 1. The van der Waals surface area contributed by atoms with E-state index < -0.39 is 0 Å². The lowest BCUT2D eigenvalue weighted by Crippen LogP contribution is -2.48. The van der Waals surface area contributed by atoms with Crippen LogP contribution < -0.4 is 14.8 Å². The second-order valence-corrected chi connectivity index (χ2v) is 11.6. The molecule has 0 aliphatic heterocycles. The number of terminal acetylenes is 1. The van der Waals surface area contributed by atoms with Crippen LogP contribution in [0.3, 0.4) is 0 Å². The van der Waals surface area contributed by atoms with Crippen LogP contribution in [0, 0.1) is 30.1 Å². The molecule has 5 heteroatoms. The smallest absolute Gasteiger partial charge is 0.251 e. The van der Waals surface area contributed by atoms with Crippen molar-refractivity contribution in [1.82, 2.24) is 0 Å². The number of ether oxygens (including phenoxy) is 2. The van der Waals surface area contributed by atoms with Gasteiger partial charge in [0.15, 0.2) is 5.78 Å². The molecule has 3 aromatic rings. The molecule has 4 aliphatic carbocycles. The number of hydrogen-bond acceptors (Lipinski definition) is 4. The Hall–Kier alpha value is -4.30. The molecule has 0 heterocycles. The standard InChI is InChI=1S/C35H33NO4/c1-2-15-39-31-10-6-27(7-11-31)34(38)28-4-3-5-30(20-28)36-33(37)14-16-40-32-12-8-29(9-13-32)35-21-24-17-25(22-35)19-26(18-24)23-35/h1,3-14,16,20,24-26H,15,17-19,21-23H2,(H,36,37)/b16-14+. The monoisotopic (exact) mass is 531 g/mol. The molecule has 0 spiro atoms. The first-order valence-corrected chi connectivity index (χ1v) is 14.1. The van der Waals surface area contributed by atoms with Crippen molar-refractivity contribution in [3.05, 3.63) is 102 Å². The predicted molar refractivity (Wildman–Crippen MR) is 155 cm³/mol. The van der Waals surface area contributed by atoms with E-state index in [-0.39, 0.29) is 18.3 Å². The number of carbonyl (C=O) groups excluding carboxylic acids is 2. The Bertz CT molecular complexity index is 1430. The van der Waals surface area contributed by atoms with Crippen LogP contribution in [0.4, 0.5) is 5.69 Å². The molecule has 4 aliphatic rings. The fourth-order valence-electron chi connectivity index (χ4n) is 7.44. The van der Waals surface area contributed by atoms with Crippen molar-refractivity contribution < 1.29 is 19.1 Å². The molecule has 0 radical (unpaired) electrons. The third-order valence-corrected chi connectivity index (χ3v) is 8.76. The van der Waals surface area contributed by atoms with E-state index in [0.29, 0.717) is 33.7 Å². The number of anilines is 1. The van der Waals surface area contributed by atoms with Crippen LogP contribution in [-0.2, 0) is 10.2 Å². The van der Waals surface area contributed by atoms with Gasteiger partial charge in [-0.05, 0) is 116 Å². The van der Waals surface area contributed by atoms with Crippen molar-refractivity contribution in [2.45, 2.75) is 43.9 Å². The van der Waals surface area contributed by atoms with Gasteiger partial charge in [-0.15, -0.1) is 6.42 Å². The summed E-state index contributed by atoms with van der Waals surface area (Å²) in [6.45, 7) is 0.169. The van der Waals surface area contributed by atoms with Crippen LogP contribution in [0.25, 0.3) is 0 Å². The minimum atomic E-state index is -0.343. The van der Waals surface area contributed by atoms with Gasteiger partial charge in [-0.1, -0.05) is 30.2 Å². The van der Waals surface area contributed by atoms with Gasteiger partial charge in [0.05, 0.1) is 6.26 Å². The van der Waals surface area contributed by atoms with E-state index in [1.165, 1.54) is 56.4 Å². The Kier molecular flexibility index (Phi) is 7.17. The lowest BCUT2D eigenvalue weighted by Gasteiger charge is -2.57. The van der Waals surface area contributed by atoms with Crippen LogP contribution in [-0.4, -0.2) is 18.3 Å². The van der Waals surface area contributed by atoms with Crippen LogP contribution in [0.15, 0.2) is 85.1 Å². The number of hydrogen-bond donors (Lipinski definition) is 1. The van der Waals surface area contributed by atoms with E-state index in [2.05, 4.69) is 23.4 Å². The van der Waals surface area contributed by atoms with Crippen molar-refractivity contribution in [2.75, 3.05) is 11.9 Å². The Labute approximate surface area is 235 Å². The summed E-state index contributed by atoms with van der Waals surface area (Å²) in [5.74, 6) is 5.95. The maximum absolute atomic E-state index is 12.9. The minimum absolute atomic E-state index is 0.157. The number of ketones is 1. The van der Waals surface area contributed by atoms with E-state index >= 15 is 0 Å². The fraction of sp³-hybridized carbons (Fsp3) is 0.314. The summed E-state index contributed by atoms with van der Waals surface area (Å²) < 4.78 is 11.1. The molecule has 7 rings (SSSR count). The summed E-state index contributed by atoms with van der Waals surface area (Å²) in [6, 6.07) is 22.1.